The molecule has 0 aromatic heterocycles. The number of Topliss-reactive ketones (excluding diaryl/α,β-unsaturated/α-hetero) is 2. The Morgan fingerprint density at radius 3 is 1.67 bits per heavy atom. The van der Waals surface area contributed by atoms with Gasteiger partial charge in [0.15, 0.2) is 11.6 Å². The second-order valence-electron chi connectivity index (χ2n) is 3.82. The molecular weight excluding hydrogens is 360 g/mol. The van der Waals surface area contributed by atoms with Crippen molar-refractivity contribution in [3.05, 3.63) is 47.5 Å². The maximum atomic E-state index is 11.9. The Morgan fingerprint density at radius 2 is 1.28 bits per heavy atom. The topological polar surface area (TPSA) is 34.1 Å². The second kappa shape index (κ2) is 5.76. The number of ketones is 2. The van der Waals surface area contributed by atoms with Crippen molar-refractivity contribution >= 4 is 43.4 Å². The van der Waals surface area contributed by atoms with Crippen molar-refractivity contribution in [3.63, 3.8) is 0 Å². The van der Waals surface area contributed by atoms with Crippen molar-refractivity contribution in [2.24, 2.45) is 0 Å². The lowest BCUT2D eigenvalue weighted by Crippen LogP contribution is -1.99. The Balaban J connectivity index is 2.68. The van der Waals surface area contributed by atoms with Gasteiger partial charge in [0.2, 0.25) is 0 Å². The number of halogens is 2. The van der Waals surface area contributed by atoms with E-state index in [1.54, 1.807) is 6.07 Å². The molecule has 0 saturated heterocycles. The normalized spacial score (nSPS) is 10.6. The van der Waals surface area contributed by atoms with E-state index in [2.05, 4.69) is 31.9 Å². The van der Waals surface area contributed by atoms with Crippen LogP contribution in [0.3, 0.4) is 0 Å². The van der Waals surface area contributed by atoms with E-state index in [4.69, 9.17) is 0 Å². The van der Waals surface area contributed by atoms with Crippen LogP contribution in [0, 0.1) is 0 Å². The quantitative estimate of drug-likeness (QED) is 0.604. The van der Waals surface area contributed by atoms with Crippen molar-refractivity contribution in [1.29, 1.82) is 0 Å². The first kappa shape index (κ1) is 13.4. The lowest BCUT2D eigenvalue weighted by molar-refractivity contribution is 0.102. The summed E-state index contributed by atoms with van der Waals surface area (Å²) in [6.45, 7) is 0. The van der Waals surface area contributed by atoms with E-state index >= 15 is 0 Å². The monoisotopic (exact) mass is 368 g/mol. The minimum absolute atomic E-state index is 0.0141. The number of carbonyl (C=O) groups is 2. The number of fused-ring (bicyclic) bond motifs is 1. The zero-order valence-electron chi connectivity index (χ0n) is 9.45. The molecule has 0 bridgehead atoms. The van der Waals surface area contributed by atoms with E-state index in [0.717, 1.165) is 11.1 Å². The largest absolute Gasteiger partial charge is 0.293 e. The molecule has 0 saturated carbocycles. The molecule has 2 rings (SSSR count). The molecule has 0 spiro atoms. The average Bonchev–Trinajstić information content (AvgIpc) is 2.59. The highest BCUT2D eigenvalue weighted by molar-refractivity contribution is 9.09. The molecule has 0 unspecified atom stereocenters. The molecule has 2 aliphatic carbocycles. The van der Waals surface area contributed by atoms with Gasteiger partial charge in [0.05, 0.1) is 10.7 Å². The van der Waals surface area contributed by atoms with Gasteiger partial charge in [-0.2, -0.15) is 0 Å². The van der Waals surface area contributed by atoms with Crippen LogP contribution in [0.5, 0.6) is 0 Å². The summed E-state index contributed by atoms with van der Waals surface area (Å²) in [5.74, 6) is -0.0281. The second-order valence-corrected chi connectivity index (χ2v) is 4.94. The van der Waals surface area contributed by atoms with Gasteiger partial charge in [-0.1, -0.05) is 62.2 Å². The molecule has 2 aliphatic rings. The van der Waals surface area contributed by atoms with Gasteiger partial charge in [0.25, 0.3) is 0 Å². The third-order valence-electron chi connectivity index (χ3n) is 2.75. The number of hydrogen-bond acceptors (Lipinski definition) is 2. The molecule has 0 amide bonds. The van der Waals surface area contributed by atoms with E-state index in [1.807, 2.05) is 30.3 Å². The molecule has 0 aliphatic heterocycles. The molecule has 4 heteroatoms. The molecule has 2 nitrogen and oxygen atoms in total. The van der Waals surface area contributed by atoms with Gasteiger partial charge >= 0.3 is 0 Å². The van der Waals surface area contributed by atoms with Gasteiger partial charge < -0.3 is 0 Å². The molecular formula is C14H10Br2O2. The van der Waals surface area contributed by atoms with Crippen molar-refractivity contribution in [2.75, 3.05) is 10.7 Å². The van der Waals surface area contributed by atoms with E-state index < -0.39 is 0 Å². The van der Waals surface area contributed by atoms with Crippen LogP contribution in [-0.2, 0) is 0 Å². The molecule has 92 valence electrons. The van der Waals surface area contributed by atoms with Crippen molar-refractivity contribution in [1.82, 2.24) is 0 Å². The van der Waals surface area contributed by atoms with E-state index in [0.29, 0.717) is 11.1 Å². The zero-order valence-corrected chi connectivity index (χ0v) is 12.6. The number of alkyl halides is 2. The summed E-state index contributed by atoms with van der Waals surface area (Å²) in [7, 11) is 0. The lowest BCUT2D eigenvalue weighted by Gasteiger charge is -1.99. The van der Waals surface area contributed by atoms with Crippen LogP contribution in [0.1, 0.15) is 20.7 Å². The molecule has 0 atom stereocenters. The fourth-order valence-electron chi connectivity index (χ4n) is 1.92. The van der Waals surface area contributed by atoms with Crippen LogP contribution in [0.2, 0.25) is 0 Å². The summed E-state index contributed by atoms with van der Waals surface area (Å²) in [5.41, 5.74) is 2.85. The molecule has 0 aromatic carbocycles. The smallest absolute Gasteiger partial charge is 0.174 e. The Bertz CT molecular complexity index is 530. The highest BCUT2D eigenvalue weighted by atomic mass is 79.9. The van der Waals surface area contributed by atoms with Crippen LogP contribution in [0.15, 0.2) is 36.4 Å². The van der Waals surface area contributed by atoms with Crippen LogP contribution in [0.25, 0.3) is 11.1 Å². The van der Waals surface area contributed by atoms with Crippen molar-refractivity contribution in [2.45, 2.75) is 0 Å². The summed E-state index contributed by atoms with van der Waals surface area (Å²) in [4.78, 5) is 23.8. The summed E-state index contributed by atoms with van der Waals surface area (Å²) in [6.07, 6.45) is 0. The van der Waals surface area contributed by atoms with Crippen LogP contribution >= 0.6 is 31.9 Å². The zero-order chi connectivity index (χ0) is 13.1. The first-order valence-corrected chi connectivity index (χ1v) is 7.63. The SMILES string of the molecule is O=C(CBr)c1cc(C(=O)CBr)c2cccccc1-2. The standard InChI is InChI=1S/C14H10Br2O2/c15-7-13(17)11-6-12(14(18)8-16)10-5-3-1-2-4-9(10)11/h1-6H,7-8H2. The highest BCUT2D eigenvalue weighted by Crippen LogP contribution is 2.32. The fourth-order valence-corrected chi connectivity index (χ4v) is 2.53. The molecule has 0 fully saturated rings. The summed E-state index contributed by atoms with van der Waals surface area (Å²) < 4.78 is 0. The van der Waals surface area contributed by atoms with Crippen LogP contribution in [-0.4, -0.2) is 22.2 Å². The molecule has 0 radical (unpaired) electrons. The lowest BCUT2D eigenvalue weighted by atomic mass is 10.1. The van der Waals surface area contributed by atoms with E-state index in [-0.39, 0.29) is 22.2 Å². The maximum Gasteiger partial charge on any atom is 0.174 e. The Morgan fingerprint density at radius 1 is 0.833 bits per heavy atom. The Kier molecular flexibility index (Phi) is 4.30. The minimum Gasteiger partial charge on any atom is -0.293 e. The van der Waals surface area contributed by atoms with Gasteiger partial charge in [-0.15, -0.1) is 0 Å². The van der Waals surface area contributed by atoms with Crippen LogP contribution < -0.4 is 0 Å². The summed E-state index contributed by atoms with van der Waals surface area (Å²) >= 11 is 6.34. The first-order valence-electron chi connectivity index (χ1n) is 5.39. The van der Waals surface area contributed by atoms with Crippen molar-refractivity contribution in [3.8, 4) is 11.1 Å². The minimum atomic E-state index is -0.0141. The van der Waals surface area contributed by atoms with E-state index in [9.17, 15) is 9.59 Å². The van der Waals surface area contributed by atoms with Gasteiger partial charge in [0.1, 0.15) is 0 Å². The number of hydrogen-bond donors (Lipinski definition) is 0. The van der Waals surface area contributed by atoms with Gasteiger partial charge in [-0.25, -0.2) is 0 Å². The summed E-state index contributed by atoms with van der Waals surface area (Å²) in [5, 5.41) is 0.513. The highest BCUT2D eigenvalue weighted by Gasteiger charge is 2.22. The summed E-state index contributed by atoms with van der Waals surface area (Å²) in [6, 6.07) is 11.1. The molecule has 0 aromatic rings. The average molecular weight is 370 g/mol. The number of rotatable bonds is 4. The van der Waals surface area contributed by atoms with Gasteiger partial charge in [0, 0.05) is 11.1 Å². The molecule has 0 heterocycles. The molecule has 18 heavy (non-hydrogen) atoms. The first-order chi connectivity index (χ1) is 8.69. The third kappa shape index (κ3) is 2.40. The van der Waals surface area contributed by atoms with Gasteiger partial charge in [-0.3, -0.25) is 9.59 Å². The van der Waals surface area contributed by atoms with Crippen LogP contribution in [0.4, 0.5) is 0 Å². The van der Waals surface area contributed by atoms with Crippen molar-refractivity contribution < 1.29 is 9.59 Å². The Hall–Kier alpha value is -1.00. The Labute approximate surface area is 122 Å². The number of carbonyl (C=O) groups excluding carboxylic acids is 2. The fraction of sp³-hybridized carbons (Fsp3) is 0.143. The predicted molar refractivity (Wildman–Crippen MR) is 79.3 cm³/mol. The maximum absolute atomic E-state index is 11.9. The molecule has 0 N–H and O–H groups in total. The van der Waals surface area contributed by atoms with Gasteiger partial charge in [-0.05, 0) is 17.2 Å². The predicted octanol–water partition coefficient (Wildman–Crippen LogP) is 3.95. The third-order valence-corrected chi connectivity index (χ3v) is 3.77. The van der Waals surface area contributed by atoms with E-state index in [1.165, 1.54) is 0 Å².